The van der Waals surface area contributed by atoms with Crippen molar-refractivity contribution in [2.75, 3.05) is 6.54 Å². The van der Waals surface area contributed by atoms with Crippen LogP contribution in [-0.2, 0) is 25.5 Å². The smallest absolute Gasteiger partial charge is 0.408 e. The second-order valence-electron chi connectivity index (χ2n) is 11.3. The van der Waals surface area contributed by atoms with E-state index >= 15 is 0 Å². The van der Waals surface area contributed by atoms with Crippen molar-refractivity contribution in [2.24, 2.45) is 5.92 Å². The summed E-state index contributed by atoms with van der Waals surface area (Å²) < 4.78 is 5.81. The summed E-state index contributed by atoms with van der Waals surface area (Å²) >= 11 is 0. The lowest BCUT2D eigenvalue weighted by atomic mass is 9.88. The minimum atomic E-state index is -1.38. The Labute approximate surface area is 245 Å². The molecule has 1 aliphatic carbocycles. The summed E-state index contributed by atoms with van der Waals surface area (Å²) in [5.74, 6) is -1.70. The second kappa shape index (κ2) is 14.0. The fourth-order valence-corrected chi connectivity index (χ4v) is 5.50. The first-order chi connectivity index (χ1) is 20.1. The molecule has 1 saturated carbocycles. The SMILES string of the molecule is C[C@@H]1CCCC[C@H]1OC(=O)N[C@](C)(Cc1c[nH]c2ccccc12)C(=O)NC[C@H](NC(=O)CCC(=O)O)c1ccccc1. The second-order valence-corrected chi connectivity index (χ2v) is 11.3. The highest BCUT2D eigenvalue weighted by atomic mass is 16.6. The average Bonchev–Trinajstić information content (AvgIpc) is 3.37. The fraction of sp³-hybridized carbons (Fsp3) is 0.438. The van der Waals surface area contributed by atoms with Crippen LogP contribution in [0.15, 0.2) is 60.8 Å². The van der Waals surface area contributed by atoms with Gasteiger partial charge in [0, 0.05) is 36.5 Å². The van der Waals surface area contributed by atoms with Gasteiger partial charge in [-0.2, -0.15) is 0 Å². The molecule has 1 aromatic heterocycles. The zero-order valence-corrected chi connectivity index (χ0v) is 24.2. The van der Waals surface area contributed by atoms with Crippen molar-refractivity contribution in [3.05, 3.63) is 71.9 Å². The minimum Gasteiger partial charge on any atom is -0.481 e. The van der Waals surface area contributed by atoms with Crippen LogP contribution in [0.2, 0.25) is 0 Å². The largest absolute Gasteiger partial charge is 0.481 e. The summed E-state index contributed by atoms with van der Waals surface area (Å²) in [7, 11) is 0. The lowest BCUT2D eigenvalue weighted by molar-refractivity contribution is -0.138. The third kappa shape index (κ3) is 8.11. The molecule has 0 radical (unpaired) electrons. The van der Waals surface area contributed by atoms with Crippen molar-refractivity contribution in [1.82, 2.24) is 20.9 Å². The maximum atomic E-state index is 13.9. The molecule has 10 nitrogen and oxygen atoms in total. The van der Waals surface area contributed by atoms with E-state index in [-0.39, 0.29) is 37.8 Å². The number of H-pyrrole nitrogens is 1. The van der Waals surface area contributed by atoms with Gasteiger partial charge in [-0.15, -0.1) is 0 Å². The van der Waals surface area contributed by atoms with Crippen LogP contribution in [0.3, 0.4) is 0 Å². The van der Waals surface area contributed by atoms with E-state index in [1.54, 1.807) is 6.92 Å². The molecule has 1 heterocycles. The molecule has 3 amide bonds. The Hall–Kier alpha value is -4.34. The molecule has 0 bridgehead atoms. The van der Waals surface area contributed by atoms with Gasteiger partial charge in [0.2, 0.25) is 11.8 Å². The van der Waals surface area contributed by atoms with Crippen molar-refractivity contribution in [1.29, 1.82) is 0 Å². The summed E-state index contributed by atoms with van der Waals surface area (Å²) in [6, 6.07) is 16.2. The summed E-state index contributed by atoms with van der Waals surface area (Å²) in [5.41, 5.74) is 1.14. The van der Waals surface area contributed by atoms with Crippen molar-refractivity contribution in [2.45, 2.75) is 76.5 Å². The number of fused-ring (bicyclic) bond motifs is 1. The molecule has 1 aliphatic rings. The van der Waals surface area contributed by atoms with Crippen molar-refractivity contribution in [3.63, 3.8) is 0 Å². The number of nitrogens with one attached hydrogen (secondary N) is 4. The van der Waals surface area contributed by atoms with Crippen molar-refractivity contribution >= 4 is 34.8 Å². The standard InChI is InChI=1S/C32H40N4O6/c1-21-10-6-9-15-27(21)42-31(41)36-32(2,18-23-19-33-25-14-8-7-13-24(23)25)30(40)34-20-26(22-11-4-3-5-12-22)35-28(37)16-17-29(38)39/h3-5,7-8,11-14,19,21,26-27,33H,6,9-10,15-18,20H2,1-2H3,(H,34,40)(H,35,37)(H,36,41)(H,38,39)/t21-,26+,27-,32-/m1/s1. The van der Waals surface area contributed by atoms with E-state index in [0.717, 1.165) is 47.7 Å². The number of amides is 3. The Morgan fingerprint density at radius 2 is 1.74 bits per heavy atom. The number of ether oxygens (including phenoxy) is 1. The number of aromatic amines is 1. The highest BCUT2D eigenvalue weighted by Gasteiger charge is 2.38. The van der Waals surface area contributed by atoms with Gasteiger partial charge in [-0.3, -0.25) is 14.4 Å². The van der Waals surface area contributed by atoms with Gasteiger partial charge < -0.3 is 30.8 Å². The van der Waals surface area contributed by atoms with Crippen molar-refractivity contribution < 1.29 is 29.0 Å². The third-order valence-electron chi connectivity index (χ3n) is 7.96. The van der Waals surface area contributed by atoms with Crippen LogP contribution < -0.4 is 16.0 Å². The van der Waals surface area contributed by atoms with Crippen LogP contribution >= 0.6 is 0 Å². The predicted octanol–water partition coefficient (Wildman–Crippen LogP) is 4.61. The van der Waals surface area contributed by atoms with Gasteiger partial charge in [0.25, 0.3) is 0 Å². The fourth-order valence-electron chi connectivity index (χ4n) is 5.50. The van der Waals surface area contributed by atoms with E-state index in [1.165, 1.54) is 0 Å². The maximum Gasteiger partial charge on any atom is 0.408 e. The van der Waals surface area contributed by atoms with E-state index in [2.05, 4.69) is 27.9 Å². The molecule has 42 heavy (non-hydrogen) atoms. The minimum absolute atomic E-state index is 0.0293. The van der Waals surface area contributed by atoms with E-state index in [0.29, 0.717) is 0 Å². The van der Waals surface area contributed by atoms with Crippen LogP contribution in [0.4, 0.5) is 4.79 Å². The monoisotopic (exact) mass is 576 g/mol. The highest BCUT2D eigenvalue weighted by Crippen LogP contribution is 2.27. The van der Waals surface area contributed by atoms with Gasteiger partial charge in [0.15, 0.2) is 0 Å². The van der Waals surface area contributed by atoms with Gasteiger partial charge in [-0.1, -0.05) is 61.9 Å². The normalized spacial score (nSPS) is 18.8. The van der Waals surface area contributed by atoms with Gasteiger partial charge in [-0.05, 0) is 49.3 Å². The Bertz CT molecular complexity index is 1390. The van der Waals surface area contributed by atoms with Gasteiger partial charge >= 0.3 is 12.1 Å². The Kier molecular flexibility index (Phi) is 10.2. The van der Waals surface area contributed by atoms with E-state index in [9.17, 15) is 19.2 Å². The molecule has 2 aromatic carbocycles. The molecule has 1 fully saturated rings. The number of aliphatic carboxylic acids is 1. The molecule has 0 aliphatic heterocycles. The maximum absolute atomic E-state index is 13.9. The summed E-state index contributed by atoms with van der Waals surface area (Å²) in [6.07, 6.45) is 4.58. The number of carbonyl (C=O) groups is 4. The highest BCUT2D eigenvalue weighted by molar-refractivity contribution is 5.91. The lowest BCUT2D eigenvalue weighted by Crippen LogP contribution is -2.59. The van der Waals surface area contributed by atoms with E-state index in [1.807, 2.05) is 60.8 Å². The topological polar surface area (TPSA) is 150 Å². The summed E-state index contributed by atoms with van der Waals surface area (Å²) in [4.78, 5) is 53.7. The number of hydrogen-bond acceptors (Lipinski definition) is 5. The van der Waals surface area contributed by atoms with Crippen molar-refractivity contribution in [3.8, 4) is 0 Å². The van der Waals surface area contributed by atoms with Crippen LogP contribution in [0, 0.1) is 5.92 Å². The van der Waals surface area contributed by atoms with Crippen LogP contribution in [0.25, 0.3) is 10.9 Å². The molecule has 5 N–H and O–H groups in total. The molecular formula is C32H40N4O6. The molecule has 3 aromatic rings. The van der Waals surface area contributed by atoms with Crippen LogP contribution in [0.5, 0.6) is 0 Å². The summed E-state index contributed by atoms with van der Waals surface area (Å²) in [5, 5.41) is 18.5. The van der Waals surface area contributed by atoms with Gasteiger partial charge in [0.1, 0.15) is 11.6 Å². The molecule has 4 atom stereocenters. The number of rotatable bonds is 12. The number of alkyl carbamates (subject to hydrolysis) is 1. The number of carbonyl (C=O) groups excluding carboxylic acids is 3. The van der Waals surface area contributed by atoms with E-state index < -0.39 is 35.5 Å². The predicted molar refractivity (Wildman–Crippen MR) is 159 cm³/mol. The lowest BCUT2D eigenvalue weighted by Gasteiger charge is -2.33. The molecule has 0 saturated heterocycles. The molecule has 0 unspecified atom stereocenters. The number of carboxylic acid groups (broad SMARTS) is 1. The Morgan fingerprint density at radius 1 is 1.02 bits per heavy atom. The number of carboxylic acids is 1. The molecule has 0 spiro atoms. The molecular weight excluding hydrogens is 536 g/mol. The van der Waals surface area contributed by atoms with Crippen LogP contribution in [0.1, 0.15) is 69.5 Å². The molecule has 4 rings (SSSR count). The van der Waals surface area contributed by atoms with Gasteiger partial charge in [0.05, 0.1) is 12.5 Å². The number of para-hydroxylation sites is 1. The van der Waals surface area contributed by atoms with Gasteiger partial charge in [-0.25, -0.2) is 4.79 Å². The Morgan fingerprint density at radius 3 is 2.48 bits per heavy atom. The average molecular weight is 577 g/mol. The van der Waals surface area contributed by atoms with E-state index in [4.69, 9.17) is 9.84 Å². The quantitative estimate of drug-likeness (QED) is 0.213. The summed E-state index contributed by atoms with van der Waals surface area (Å²) in [6.45, 7) is 3.77. The zero-order chi connectivity index (χ0) is 30.1. The first-order valence-corrected chi connectivity index (χ1v) is 14.5. The number of aromatic nitrogens is 1. The zero-order valence-electron chi connectivity index (χ0n) is 24.2. The third-order valence-corrected chi connectivity index (χ3v) is 7.96. The number of benzene rings is 2. The molecule has 224 valence electrons. The Balaban J connectivity index is 1.52. The first kappa shape index (κ1) is 30.6. The first-order valence-electron chi connectivity index (χ1n) is 14.5. The molecule has 10 heteroatoms. The number of hydrogen-bond donors (Lipinski definition) is 5. The van der Waals surface area contributed by atoms with Crippen LogP contribution in [-0.4, -0.2) is 52.2 Å².